The monoisotopic (exact) mass is 282 g/mol. The number of benzene rings is 2. The van der Waals surface area contributed by atoms with Crippen LogP contribution >= 0.6 is 0 Å². The molecule has 0 bridgehead atoms. The molecule has 0 saturated heterocycles. The second-order valence-electron chi connectivity index (χ2n) is 5.46. The highest BCUT2D eigenvalue weighted by Gasteiger charge is 2.29. The number of ketones is 1. The van der Waals surface area contributed by atoms with Gasteiger partial charge in [-0.05, 0) is 48.7 Å². The number of hydrogen-bond acceptors (Lipinski definition) is 3. The van der Waals surface area contributed by atoms with Crippen LogP contribution in [0.1, 0.15) is 39.6 Å². The molecule has 0 spiro atoms. The van der Waals surface area contributed by atoms with Crippen molar-refractivity contribution >= 4 is 5.78 Å². The fourth-order valence-corrected chi connectivity index (χ4v) is 2.85. The Morgan fingerprint density at radius 3 is 2.52 bits per heavy atom. The van der Waals surface area contributed by atoms with E-state index in [1.54, 1.807) is 7.11 Å². The molecule has 3 rings (SSSR count). The molecule has 0 fully saturated rings. The number of methoxy groups -OCH3 is 1. The quantitative estimate of drug-likeness (QED) is 0.834. The minimum atomic E-state index is -0.225. The molecule has 0 aliphatic carbocycles. The predicted molar refractivity (Wildman–Crippen MR) is 81.2 cm³/mol. The lowest BCUT2D eigenvalue weighted by Gasteiger charge is -2.27. The Balaban J connectivity index is 1.95. The van der Waals surface area contributed by atoms with E-state index in [1.807, 2.05) is 50.2 Å². The Hall–Kier alpha value is -2.29. The zero-order valence-corrected chi connectivity index (χ0v) is 12.5. The molecule has 0 aromatic heterocycles. The molecular weight excluding hydrogens is 264 g/mol. The number of ether oxygens (including phenoxy) is 2. The van der Waals surface area contributed by atoms with Crippen LogP contribution in [0.3, 0.4) is 0 Å². The van der Waals surface area contributed by atoms with Crippen LogP contribution in [-0.4, -0.2) is 12.9 Å². The van der Waals surface area contributed by atoms with Crippen LogP contribution in [0.15, 0.2) is 36.4 Å². The van der Waals surface area contributed by atoms with Gasteiger partial charge in [0.2, 0.25) is 0 Å². The van der Waals surface area contributed by atoms with Gasteiger partial charge in [-0.2, -0.15) is 0 Å². The Labute approximate surface area is 124 Å². The van der Waals surface area contributed by atoms with Crippen molar-refractivity contribution < 1.29 is 14.3 Å². The third-order valence-electron chi connectivity index (χ3n) is 3.85. The van der Waals surface area contributed by atoms with Crippen LogP contribution in [0, 0.1) is 13.8 Å². The molecule has 0 N–H and O–H groups in total. The molecule has 1 heterocycles. The molecule has 3 nitrogen and oxygen atoms in total. The summed E-state index contributed by atoms with van der Waals surface area (Å²) in [6.45, 7) is 3.97. The Kier molecular flexibility index (Phi) is 3.42. The maximum Gasteiger partial charge on any atom is 0.170 e. The first-order valence-corrected chi connectivity index (χ1v) is 7.03. The van der Waals surface area contributed by atoms with Crippen LogP contribution in [0.25, 0.3) is 0 Å². The fourth-order valence-electron chi connectivity index (χ4n) is 2.85. The van der Waals surface area contributed by atoms with Gasteiger partial charge in [-0.25, -0.2) is 0 Å². The summed E-state index contributed by atoms with van der Waals surface area (Å²) in [5.74, 6) is 1.65. The van der Waals surface area contributed by atoms with Crippen molar-refractivity contribution in [2.24, 2.45) is 0 Å². The van der Waals surface area contributed by atoms with Crippen molar-refractivity contribution in [2.75, 3.05) is 7.11 Å². The summed E-state index contributed by atoms with van der Waals surface area (Å²) in [5, 5.41) is 0. The zero-order chi connectivity index (χ0) is 15.0. The SMILES string of the molecule is COc1ccc([C@@H]2CC(=O)c3c(C)cc(C)cc3O2)cc1. The Morgan fingerprint density at radius 2 is 1.86 bits per heavy atom. The van der Waals surface area contributed by atoms with E-state index in [0.29, 0.717) is 12.2 Å². The average molecular weight is 282 g/mol. The largest absolute Gasteiger partial charge is 0.497 e. The van der Waals surface area contributed by atoms with Crippen LogP contribution in [0.5, 0.6) is 11.5 Å². The fraction of sp³-hybridized carbons (Fsp3) is 0.278. The summed E-state index contributed by atoms with van der Waals surface area (Å²) in [6.07, 6.45) is 0.153. The van der Waals surface area contributed by atoms with E-state index >= 15 is 0 Å². The first-order chi connectivity index (χ1) is 10.1. The topological polar surface area (TPSA) is 35.5 Å². The Bertz CT molecular complexity index is 686. The lowest BCUT2D eigenvalue weighted by atomic mass is 9.92. The van der Waals surface area contributed by atoms with E-state index in [0.717, 1.165) is 28.0 Å². The Morgan fingerprint density at radius 1 is 1.14 bits per heavy atom. The maximum atomic E-state index is 12.4. The summed E-state index contributed by atoms with van der Waals surface area (Å²) in [6, 6.07) is 11.6. The molecule has 108 valence electrons. The molecule has 1 atom stereocenters. The summed E-state index contributed by atoms with van der Waals surface area (Å²) in [4.78, 5) is 12.4. The van der Waals surface area contributed by atoms with Crippen molar-refractivity contribution in [3.05, 3.63) is 58.7 Å². The van der Waals surface area contributed by atoms with Gasteiger partial charge in [0.05, 0.1) is 19.1 Å². The van der Waals surface area contributed by atoms with Crippen molar-refractivity contribution in [1.29, 1.82) is 0 Å². The molecule has 0 saturated carbocycles. The normalized spacial score (nSPS) is 17.1. The highest BCUT2D eigenvalue weighted by Crippen LogP contribution is 2.37. The number of hydrogen-bond donors (Lipinski definition) is 0. The summed E-state index contributed by atoms with van der Waals surface area (Å²) in [5.41, 5.74) is 3.82. The highest BCUT2D eigenvalue weighted by molar-refractivity contribution is 6.01. The number of rotatable bonds is 2. The van der Waals surface area contributed by atoms with Crippen LogP contribution in [0.2, 0.25) is 0 Å². The van der Waals surface area contributed by atoms with Crippen LogP contribution < -0.4 is 9.47 Å². The predicted octanol–water partition coefficient (Wildman–Crippen LogP) is 4.02. The van der Waals surface area contributed by atoms with Crippen molar-refractivity contribution in [1.82, 2.24) is 0 Å². The molecule has 0 radical (unpaired) electrons. The third kappa shape index (κ3) is 2.51. The van der Waals surface area contributed by atoms with E-state index < -0.39 is 0 Å². The molecule has 21 heavy (non-hydrogen) atoms. The molecule has 3 heteroatoms. The number of carbonyl (C=O) groups is 1. The van der Waals surface area contributed by atoms with Crippen LogP contribution in [0.4, 0.5) is 0 Å². The third-order valence-corrected chi connectivity index (χ3v) is 3.85. The highest BCUT2D eigenvalue weighted by atomic mass is 16.5. The van der Waals surface area contributed by atoms with Gasteiger partial charge in [0.1, 0.15) is 17.6 Å². The van der Waals surface area contributed by atoms with Gasteiger partial charge in [-0.1, -0.05) is 18.2 Å². The van der Waals surface area contributed by atoms with E-state index in [-0.39, 0.29) is 11.9 Å². The van der Waals surface area contributed by atoms with Gasteiger partial charge in [0, 0.05) is 0 Å². The van der Waals surface area contributed by atoms with E-state index in [9.17, 15) is 4.79 Å². The number of aryl methyl sites for hydroxylation is 2. The minimum absolute atomic E-state index is 0.148. The standard InChI is InChI=1S/C18H18O3/c1-11-8-12(2)18-15(19)10-16(21-17(18)9-11)13-4-6-14(20-3)7-5-13/h4-9,16H,10H2,1-3H3/t16-/m0/s1. The summed E-state index contributed by atoms with van der Waals surface area (Å²) in [7, 11) is 1.64. The van der Waals surface area contributed by atoms with Gasteiger partial charge in [0.25, 0.3) is 0 Å². The second kappa shape index (κ2) is 5.24. The van der Waals surface area contributed by atoms with Gasteiger partial charge >= 0.3 is 0 Å². The molecule has 1 aliphatic heterocycles. The second-order valence-corrected chi connectivity index (χ2v) is 5.46. The number of carbonyl (C=O) groups excluding carboxylic acids is 1. The van der Waals surface area contributed by atoms with E-state index in [1.165, 1.54) is 0 Å². The van der Waals surface area contributed by atoms with Crippen LogP contribution in [-0.2, 0) is 0 Å². The van der Waals surface area contributed by atoms with E-state index in [4.69, 9.17) is 9.47 Å². The van der Waals surface area contributed by atoms with E-state index in [2.05, 4.69) is 0 Å². The molecule has 0 amide bonds. The van der Waals surface area contributed by atoms with Crippen molar-refractivity contribution in [3.63, 3.8) is 0 Å². The first kappa shape index (κ1) is 13.7. The number of fused-ring (bicyclic) bond motifs is 1. The number of Topliss-reactive ketones (excluding diaryl/α,β-unsaturated/α-hetero) is 1. The molecular formula is C18H18O3. The van der Waals surface area contributed by atoms with Gasteiger partial charge in [-0.3, -0.25) is 4.79 Å². The molecule has 2 aromatic rings. The summed E-state index contributed by atoms with van der Waals surface area (Å²) < 4.78 is 11.2. The maximum absolute atomic E-state index is 12.4. The smallest absolute Gasteiger partial charge is 0.170 e. The average Bonchev–Trinajstić information content (AvgIpc) is 2.46. The van der Waals surface area contributed by atoms with Gasteiger partial charge in [-0.15, -0.1) is 0 Å². The lowest BCUT2D eigenvalue weighted by molar-refractivity contribution is 0.0849. The zero-order valence-electron chi connectivity index (χ0n) is 12.5. The first-order valence-electron chi connectivity index (χ1n) is 7.03. The lowest BCUT2D eigenvalue weighted by Crippen LogP contribution is -2.21. The molecule has 0 unspecified atom stereocenters. The molecule has 1 aliphatic rings. The molecule has 2 aromatic carbocycles. The minimum Gasteiger partial charge on any atom is -0.497 e. The van der Waals surface area contributed by atoms with Crippen molar-refractivity contribution in [3.8, 4) is 11.5 Å². The summed E-state index contributed by atoms with van der Waals surface area (Å²) >= 11 is 0. The van der Waals surface area contributed by atoms with Gasteiger partial charge < -0.3 is 9.47 Å². The van der Waals surface area contributed by atoms with Crippen molar-refractivity contribution in [2.45, 2.75) is 26.4 Å². The van der Waals surface area contributed by atoms with Gasteiger partial charge in [0.15, 0.2) is 5.78 Å².